The molecule has 182 valence electrons. The van der Waals surface area contributed by atoms with E-state index in [4.69, 9.17) is 0 Å². The van der Waals surface area contributed by atoms with E-state index in [2.05, 4.69) is 45.5 Å². The van der Waals surface area contributed by atoms with Gasteiger partial charge in [0.05, 0.1) is 11.8 Å². The van der Waals surface area contributed by atoms with E-state index in [1.165, 1.54) is 4.90 Å². The van der Waals surface area contributed by atoms with Crippen LogP contribution in [0.5, 0.6) is 0 Å². The summed E-state index contributed by atoms with van der Waals surface area (Å²) in [4.78, 5) is 43.0. The number of rotatable bonds is 6. The summed E-state index contributed by atoms with van der Waals surface area (Å²) in [5, 5.41) is 2.93. The van der Waals surface area contributed by atoms with E-state index in [0.717, 1.165) is 26.7 Å². The Morgan fingerprint density at radius 2 is 1.33 bits per heavy atom. The summed E-state index contributed by atoms with van der Waals surface area (Å²) < 4.78 is 0.906. The van der Waals surface area contributed by atoms with E-state index in [0.29, 0.717) is 17.9 Å². The van der Waals surface area contributed by atoms with E-state index in [1.807, 2.05) is 42.7 Å². The Kier molecular flexibility index (Phi) is 6.00. The van der Waals surface area contributed by atoms with Gasteiger partial charge in [0.1, 0.15) is 6.04 Å². The summed E-state index contributed by atoms with van der Waals surface area (Å²) in [6.45, 7) is 0. The minimum Gasteiger partial charge on any atom is -0.324 e. The molecule has 1 fully saturated rings. The van der Waals surface area contributed by atoms with Gasteiger partial charge in [-0.2, -0.15) is 11.8 Å². The summed E-state index contributed by atoms with van der Waals surface area (Å²) in [6, 6.07) is 22.8. The Morgan fingerprint density at radius 3 is 1.78 bits per heavy atom. The molecule has 36 heavy (non-hydrogen) atoms. The van der Waals surface area contributed by atoms with Crippen LogP contribution in [-0.2, 0) is 14.4 Å². The molecule has 0 aromatic heterocycles. The summed E-state index contributed by atoms with van der Waals surface area (Å²) in [5.74, 6) is -1.42. The lowest BCUT2D eigenvalue weighted by atomic mass is 9.55. The van der Waals surface area contributed by atoms with Gasteiger partial charge in [-0.05, 0) is 64.9 Å². The van der Waals surface area contributed by atoms with E-state index < -0.39 is 17.9 Å². The van der Waals surface area contributed by atoms with Crippen molar-refractivity contribution in [2.45, 2.75) is 24.3 Å². The van der Waals surface area contributed by atoms with Crippen molar-refractivity contribution >= 4 is 51.1 Å². The van der Waals surface area contributed by atoms with Gasteiger partial charge in [0.15, 0.2) is 0 Å². The number of imide groups is 1. The fraction of sp³-hybridized carbons (Fsp3) is 0.276. The van der Waals surface area contributed by atoms with Crippen LogP contribution in [0.15, 0.2) is 77.3 Å². The number of carbonyl (C=O) groups excluding carboxylic acids is 3. The molecule has 0 unspecified atom stereocenters. The zero-order valence-corrected chi connectivity index (χ0v) is 22.1. The number of amides is 3. The van der Waals surface area contributed by atoms with Crippen molar-refractivity contribution in [3.05, 3.63) is 99.5 Å². The van der Waals surface area contributed by atoms with Gasteiger partial charge in [-0.3, -0.25) is 19.3 Å². The van der Waals surface area contributed by atoms with Crippen LogP contribution in [0.3, 0.4) is 0 Å². The summed E-state index contributed by atoms with van der Waals surface area (Å²) >= 11 is 5.01. The monoisotopic (exact) mass is 560 g/mol. The maximum atomic E-state index is 14.1. The van der Waals surface area contributed by atoms with Crippen LogP contribution in [0, 0.1) is 11.8 Å². The van der Waals surface area contributed by atoms with E-state index >= 15 is 0 Å². The average molecular weight is 562 g/mol. The van der Waals surface area contributed by atoms with Crippen molar-refractivity contribution in [1.82, 2.24) is 4.90 Å². The van der Waals surface area contributed by atoms with Crippen molar-refractivity contribution in [1.29, 1.82) is 0 Å². The lowest BCUT2D eigenvalue weighted by Gasteiger charge is -2.45. The molecule has 0 radical (unpaired) electrons. The molecule has 0 saturated carbocycles. The zero-order chi connectivity index (χ0) is 25.0. The molecule has 3 aromatic rings. The van der Waals surface area contributed by atoms with E-state index in [9.17, 15) is 14.4 Å². The largest absolute Gasteiger partial charge is 0.324 e. The highest BCUT2D eigenvalue weighted by molar-refractivity contribution is 9.10. The van der Waals surface area contributed by atoms with Gasteiger partial charge in [0, 0.05) is 22.0 Å². The number of hydrogen-bond donors (Lipinski definition) is 1. The normalized spacial score (nSPS) is 24.2. The molecule has 3 aromatic carbocycles. The summed E-state index contributed by atoms with van der Waals surface area (Å²) in [7, 11) is 0. The smallest absolute Gasteiger partial charge is 0.247 e. The van der Waals surface area contributed by atoms with Gasteiger partial charge >= 0.3 is 0 Å². The number of benzene rings is 3. The molecule has 0 spiro atoms. The van der Waals surface area contributed by atoms with Gasteiger partial charge in [-0.25, -0.2) is 0 Å². The third kappa shape index (κ3) is 3.55. The van der Waals surface area contributed by atoms with Gasteiger partial charge in [-0.1, -0.05) is 64.5 Å². The second kappa shape index (κ2) is 9.20. The van der Waals surface area contributed by atoms with Crippen molar-refractivity contribution in [3.8, 4) is 0 Å². The van der Waals surface area contributed by atoms with Crippen LogP contribution in [0.2, 0.25) is 0 Å². The highest BCUT2D eigenvalue weighted by atomic mass is 79.9. The molecular weight excluding hydrogens is 536 g/mol. The zero-order valence-electron chi connectivity index (χ0n) is 19.7. The fourth-order valence-electron chi connectivity index (χ4n) is 6.37. The Hall–Kier alpha value is -2.90. The topological polar surface area (TPSA) is 66.5 Å². The number of likely N-dealkylation sites (tertiary alicyclic amines) is 1. The highest BCUT2D eigenvalue weighted by Gasteiger charge is 2.62. The van der Waals surface area contributed by atoms with Crippen LogP contribution in [-0.4, -0.2) is 40.7 Å². The maximum Gasteiger partial charge on any atom is 0.247 e. The van der Waals surface area contributed by atoms with Gasteiger partial charge in [-0.15, -0.1) is 0 Å². The molecule has 1 aliphatic heterocycles. The van der Waals surface area contributed by atoms with Crippen molar-refractivity contribution < 1.29 is 14.4 Å². The molecule has 7 rings (SSSR count). The first kappa shape index (κ1) is 23.5. The molecule has 4 aliphatic rings. The number of carbonyl (C=O) groups is 3. The predicted octanol–water partition coefficient (Wildman–Crippen LogP) is 5.40. The maximum absolute atomic E-state index is 14.1. The summed E-state index contributed by atoms with van der Waals surface area (Å²) in [5.41, 5.74) is 5.15. The average Bonchev–Trinajstić information content (AvgIpc) is 3.16. The van der Waals surface area contributed by atoms with Crippen LogP contribution >= 0.6 is 27.7 Å². The lowest BCUT2D eigenvalue weighted by Crippen LogP contribution is -2.48. The number of thioether (sulfide) groups is 1. The Labute approximate surface area is 222 Å². The molecule has 7 heteroatoms. The fourth-order valence-corrected chi connectivity index (χ4v) is 7.10. The molecule has 3 atom stereocenters. The lowest BCUT2D eigenvalue weighted by molar-refractivity contribution is -0.146. The quantitative estimate of drug-likeness (QED) is 0.410. The number of halogens is 1. The number of nitrogens with zero attached hydrogens (tertiary/aromatic N) is 1. The minimum atomic E-state index is -0.850. The van der Waals surface area contributed by atoms with Gasteiger partial charge < -0.3 is 5.32 Å². The number of nitrogens with one attached hydrogen (secondary N) is 1. The van der Waals surface area contributed by atoms with E-state index in [1.54, 1.807) is 23.9 Å². The van der Waals surface area contributed by atoms with Crippen LogP contribution in [0.4, 0.5) is 5.69 Å². The molecular formula is C29H25BrN2O3S. The third-order valence-corrected chi connectivity index (χ3v) is 8.98. The Morgan fingerprint density at radius 1 is 0.861 bits per heavy atom. The Balaban J connectivity index is 1.39. The molecule has 2 bridgehead atoms. The molecule has 1 N–H and O–H groups in total. The summed E-state index contributed by atoms with van der Waals surface area (Å²) in [6.07, 6.45) is 2.38. The van der Waals surface area contributed by atoms with Gasteiger partial charge in [0.25, 0.3) is 0 Å². The molecule has 3 amide bonds. The highest BCUT2D eigenvalue weighted by Crippen LogP contribution is 2.61. The number of anilines is 1. The van der Waals surface area contributed by atoms with Crippen molar-refractivity contribution in [3.63, 3.8) is 0 Å². The second-order valence-corrected chi connectivity index (χ2v) is 11.5. The molecule has 1 saturated heterocycles. The molecule has 5 nitrogen and oxygen atoms in total. The first-order valence-corrected chi connectivity index (χ1v) is 14.3. The second-order valence-electron chi connectivity index (χ2n) is 9.60. The molecule has 1 heterocycles. The first-order valence-electron chi connectivity index (χ1n) is 12.1. The van der Waals surface area contributed by atoms with Crippen molar-refractivity contribution in [2.24, 2.45) is 11.8 Å². The number of hydrogen-bond acceptors (Lipinski definition) is 4. The minimum absolute atomic E-state index is 0.176. The van der Waals surface area contributed by atoms with Gasteiger partial charge in [0.2, 0.25) is 17.7 Å². The Bertz CT molecular complexity index is 1260. The van der Waals surface area contributed by atoms with E-state index in [-0.39, 0.29) is 29.6 Å². The predicted molar refractivity (Wildman–Crippen MR) is 145 cm³/mol. The SMILES string of the molecule is CSCC[C@H](C(=O)Nc1ccc(Br)cc1)N1C(=O)[C@H]2C3c4ccccc4C(c4ccccc43)[C@@H]2C1=O. The van der Waals surface area contributed by atoms with Crippen molar-refractivity contribution in [2.75, 3.05) is 17.3 Å². The van der Waals surface area contributed by atoms with Crippen LogP contribution < -0.4 is 5.32 Å². The van der Waals surface area contributed by atoms with Crippen LogP contribution in [0.25, 0.3) is 0 Å². The van der Waals surface area contributed by atoms with Crippen LogP contribution in [0.1, 0.15) is 40.5 Å². The first-order chi connectivity index (χ1) is 17.5. The standard InChI is InChI=1S/C29H25BrN2O3S/c1-36-15-14-22(27(33)31-17-12-10-16(30)11-13-17)32-28(34)25-23-18-6-2-3-7-19(18)24(26(25)29(32)35)21-9-5-4-8-20(21)23/h2-13,22-26H,14-15H2,1H3,(H,31,33)/t22-,23?,24?,25+,26+/m1/s1. The molecule has 3 aliphatic carbocycles. The third-order valence-electron chi connectivity index (χ3n) is 7.80.